The normalized spacial score (nSPS) is 11.2. The Morgan fingerprint density at radius 1 is 1.18 bits per heavy atom. The number of carbonyl (C=O) groups is 1. The second kappa shape index (κ2) is 8.62. The Bertz CT molecular complexity index is 586. The van der Waals surface area contributed by atoms with Crippen LogP contribution in [-0.2, 0) is 14.8 Å². The molecule has 0 atom stereocenters. The molecule has 5 nitrogen and oxygen atoms in total. The second-order valence-electron chi connectivity index (χ2n) is 3.96. The summed E-state index contributed by atoms with van der Waals surface area (Å²) in [5.41, 5.74) is 0.243. The van der Waals surface area contributed by atoms with E-state index in [1.54, 1.807) is 6.92 Å². The number of halogens is 3. The van der Waals surface area contributed by atoms with Gasteiger partial charge in [-0.05, 0) is 18.2 Å². The first-order valence-corrected chi connectivity index (χ1v) is 8.24. The number of amides is 1. The lowest BCUT2D eigenvalue weighted by molar-refractivity contribution is -0.116. The molecule has 0 bridgehead atoms. The summed E-state index contributed by atoms with van der Waals surface area (Å²) in [5, 5.41) is 2.47. The van der Waals surface area contributed by atoms with E-state index < -0.39 is 22.0 Å². The van der Waals surface area contributed by atoms with Crippen LogP contribution in [-0.4, -0.2) is 26.3 Å². The van der Waals surface area contributed by atoms with E-state index in [-0.39, 0.29) is 18.0 Å². The van der Waals surface area contributed by atoms with E-state index in [0.29, 0.717) is 5.69 Å². The summed E-state index contributed by atoms with van der Waals surface area (Å²) in [6.07, 6.45) is -4.59. The molecular weight excluding hydrogens is 321 g/mol. The molecule has 0 aromatic heterocycles. The SMILES string of the molecule is CC.CCC(=O)Nc1cccc(NS(=O)(=O)CC(F)(F)F)c1. The van der Waals surface area contributed by atoms with Crippen LogP contribution in [0, 0.1) is 0 Å². The number of nitrogens with one attached hydrogen (secondary N) is 2. The topological polar surface area (TPSA) is 75.3 Å². The van der Waals surface area contributed by atoms with Crippen LogP contribution < -0.4 is 10.0 Å². The fourth-order valence-electron chi connectivity index (χ4n) is 1.34. The number of benzene rings is 1. The number of alkyl halides is 3. The largest absolute Gasteiger partial charge is 0.404 e. The molecule has 22 heavy (non-hydrogen) atoms. The maximum absolute atomic E-state index is 12.1. The van der Waals surface area contributed by atoms with Gasteiger partial charge in [0.05, 0.1) is 5.69 Å². The van der Waals surface area contributed by atoms with E-state index >= 15 is 0 Å². The lowest BCUT2D eigenvalue weighted by atomic mass is 10.3. The van der Waals surface area contributed by atoms with Crippen molar-refractivity contribution in [2.45, 2.75) is 33.4 Å². The summed E-state index contributed by atoms with van der Waals surface area (Å²) in [6, 6.07) is 5.43. The first-order chi connectivity index (χ1) is 10.1. The molecule has 0 saturated carbocycles. The summed E-state index contributed by atoms with van der Waals surface area (Å²) in [5.74, 6) is -2.26. The van der Waals surface area contributed by atoms with Gasteiger partial charge in [-0.25, -0.2) is 8.42 Å². The highest BCUT2D eigenvalue weighted by Gasteiger charge is 2.35. The zero-order valence-corrected chi connectivity index (χ0v) is 13.3. The van der Waals surface area contributed by atoms with Crippen molar-refractivity contribution in [2.75, 3.05) is 15.8 Å². The number of hydrogen-bond acceptors (Lipinski definition) is 3. The monoisotopic (exact) mass is 340 g/mol. The van der Waals surface area contributed by atoms with Crippen LogP contribution in [0.2, 0.25) is 0 Å². The summed E-state index contributed by atoms with van der Waals surface area (Å²) in [7, 11) is -4.53. The van der Waals surface area contributed by atoms with E-state index in [4.69, 9.17) is 0 Å². The van der Waals surface area contributed by atoms with Crippen molar-refractivity contribution >= 4 is 27.3 Å². The first-order valence-electron chi connectivity index (χ1n) is 6.58. The molecule has 0 aliphatic rings. The molecule has 1 aromatic rings. The third-order valence-corrected chi connectivity index (χ3v) is 3.35. The third-order valence-electron chi connectivity index (χ3n) is 2.09. The van der Waals surface area contributed by atoms with Crippen LogP contribution in [0.25, 0.3) is 0 Å². The molecule has 0 heterocycles. The van der Waals surface area contributed by atoms with E-state index in [9.17, 15) is 26.4 Å². The van der Waals surface area contributed by atoms with E-state index in [2.05, 4.69) is 5.32 Å². The van der Waals surface area contributed by atoms with E-state index in [0.717, 1.165) is 0 Å². The minimum Gasteiger partial charge on any atom is -0.326 e. The smallest absolute Gasteiger partial charge is 0.326 e. The van der Waals surface area contributed by atoms with Gasteiger partial charge in [0.15, 0.2) is 5.75 Å². The van der Waals surface area contributed by atoms with Crippen molar-refractivity contribution in [3.63, 3.8) is 0 Å². The predicted octanol–water partition coefficient (Wildman–Crippen LogP) is 3.37. The average molecular weight is 340 g/mol. The van der Waals surface area contributed by atoms with Crippen LogP contribution in [0.5, 0.6) is 0 Å². The summed E-state index contributed by atoms with van der Waals surface area (Å²) in [4.78, 5) is 11.2. The van der Waals surface area contributed by atoms with Crippen molar-refractivity contribution < 1.29 is 26.4 Å². The van der Waals surface area contributed by atoms with Gasteiger partial charge in [-0.15, -0.1) is 0 Å². The number of hydrogen-bond donors (Lipinski definition) is 2. The third kappa shape index (κ3) is 8.50. The van der Waals surface area contributed by atoms with Gasteiger partial charge in [-0.1, -0.05) is 26.8 Å². The van der Waals surface area contributed by atoms with Gasteiger partial charge < -0.3 is 5.32 Å². The minimum atomic E-state index is -4.82. The molecule has 0 saturated heterocycles. The first kappa shape index (κ1) is 20.2. The fraction of sp³-hybridized carbons (Fsp3) is 0.462. The maximum atomic E-state index is 12.1. The van der Waals surface area contributed by atoms with Crippen molar-refractivity contribution in [1.82, 2.24) is 0 Å². The zero-order chi connectivity index (χ0) is 17.4. The zero-order valence-electron chi connectivity index (χ0n) is 12.5. The van der Waals surface area contributed by atoms with Gasteiger partial charge in [-0.3, -0.25) is 9.52 Å². The maximum Gasteiger partial charge on any atom is 0.404 e. The van der Waals surface area contributed by atoms with Crippen LogP contribution in [0.3, 0.4) is 0 Å². The number of rotatable bonds is 5. The van der Waals surface area contributed by atoms with Crippen molar-refractivity contribution in [3.8, 4) is 0 Å². The van der Waals surface area contributed by atoms with Crippen molar-refractivity contribution in [3.05, 3.63) is 24.3 Å². The number of anilines is 2. The standard InChI is InChI=1S/C11H13F3N2O3S.C2H6/c1-2-10(17)15-8-4-3-5-9(6-8)16-20(18,19)7-11(12,13)14;1-2/h3-6,16H,2,7H2,1H3,(H,15,17);1-2H3. The van der Waals surface area contributed by atoms with Gasteiger partial charge in [-0.2, -0.15) is 13.2 Å². The van der Waals surface area contributed by atoms with Crippen LogP contribution in [0.15, 0.2) is 24.3 Å². The van der Waals surface area contributed by atoms with Crippen LogP contribution in [0.4, 0.5) is 24.5 Å². The molecule has 1 rings (SSSR count). The lowest BCUT2D eigenvalue weighted by Crippen LogP contribution is -2.27. The van der Waals surface area contributed by atoms with Crippen LogP contribution in [0.1, 0.15) is 27.2 Å². The molecule has 0 aliphatic carbocycles. The van der Waals surface area contributed by atoms with Gasteiger partial charge in [0.1, 0.15) is 0 Å². The molecule has 0 aliphatic heterocycles. The highest BCUT2D eigenvalue weighted by Crippen LogP contribution is 2.21. The number of carbonyl (C=O) groups excluding carboxylic acids is 1. The van der Waals surface area contributed by atoms with Gasteiger partial charge in [0.2, 0.25) is 15.9 Å². The summed E-state index contributed by atoms with van der Waals surface area (Å²) >= 11 is 0. The molecule has 1 aromatic carbocycles. The Morgan fingerprint density at radius 3 is 2.23 bits per heavy atom. The quantitative estimate of drug-likeness (QED) is 0.863. The summed E-state index contributed by atoms with van der Waals surface area (Å²) < 4.78 is 60.6. The molecule has 1 amide bonds. The van der Waals surface area contributed by atoms with Crippen molar-refractivity contribution in [1.29, 1.82) is 0 Å². The molecule has 9 heteroatoms. The van der Waals surface area contributed by atoms with Crippen LogP contribution >= 0.6 is 0 Å². The average Bonchev–Trinajstić information content (AvgIpc) is 2.37. The molecule has 0 fully saturated rings. The highest BCUT2D eigenvalue weighted by molar-refractivity contribution is 7.92. The van der Waals surface area contributed by atoms with Gasteiger partial charge in [0.25, 0.3) is 0 Å². The molecule has 2 N–H and O–H groups in total. The second-order valence-corrected chi connectivity index (χ2v) is 5.68. The Kier molecular flexibility index (Phi) is 7.93. The van der Waals surface area contributed by atoms with E-state index in [1.165, 1.54) is 24.3 Å². The molecule has 126 valence electrons. The fourth-order valence-corrected chi connectivity index (χ4v) is 2.33. The van der Waals surface area contributed by atoms with Gasteiger partial charge >= 0.3 is 6.18 Å². The Labute approximate surface area is 128 Å². The van der Waals surface area contributed by atoms with Crippen molar-refractivity contribution in [2.24, 2.45) is 0 Å². The van der Waals surface area contributed by atoms with Gasteiger partial charge in [0, 0.05) is 12.1 Å². The molecule has 0 radical (unpaired) electrons. The molecular formula is C13H19F3N2O3S. The Hall–Kier alpha value is -1.77. The lowest BCUT2D eigenvalue weighted by Gasteiger charge is -2.11. The molecule has 0 spiro atoms. The number of sulfonamides is 1. The minimum absolute atomic E-state index is 0.0526. The summed E-state index contributed by atoms with van der Waals surface area (Å²) in [6.45, 7) is 5.63. The predicted molar refractivity (Wildman–Crippen MR) is 80.2 cm³/mol. The Balaban J connectivity index is 0.00000211. The highest BCUT2D eigenvalue weighted by atomic mass is 32.2. The van der Waals surface area contributed by atoms with E-state index in [1.807, 2.05) is 18.6 Å². The molecule has 0 unspecified atom stereocenters. The Morgan fingerprint density at radius 2 is 1.73 bits per heavy atom.